The first kappa shape index (κ1) is 15.5. The number of aliphatic hydroxyl groups excluding tert-OH is 1. The second-order valence-electron chi connectivity index (χ2n) is 5.70. The highest BCUT2D eigenvalue weighted by atomic mass is 16.5. The lowest BCUT2D eigenvalue weighted by Gasteiger charge is -2.13. The van der Waals surface area contributed by atoms with Crippen LogP contribution in [0.1, 0.15) is 34.7 Å². The van der Waals surface area contributed by atoms with Gasteiger partial charge < -0.3 is 19.5 Å². The zero-order valence-corrected chi connectivity index (χ0v) is 12.7. The molecule has 1 amide bonds. The number of carbonyl (C=O) groups is 1. The monoisotopic (exact) mass is 317 g/mol. The summed E-state index contributed by atoms with van der Waals surface area (Å²) in [5, 5.41) is 16.5. The van der Waals surface area contributed by atoms with Gasteiger partial charge in [-0.05, 0) is 25.3 Å². The van der Waals surface area contributed by atoms with Crippen LogP contribution in [0.2, 0.25) is 0 Å². The standard InChI is InChI=1S/C16H19N3O4/c20-11(10-19-8-4-3-7-14(19)21)9-17-16(22)15-12-5-1-2-6-13(12)23-18-15/h3-4,7-8,11,20H,1-2,5-6,9-10H2,(H,17,22). The van der Waals surface area contributed by atoms with Gasteiger partial charge in [0.15, 0.2) is 5.69 Å². The highest BCUT2D eigenvalue weighted by Crippen LogP contribution is 2.23. The molecule has 122 valence electrons. The fourth-order valence-electron chi connectivity index (χ4n) is 2.76. The van der Waals surface area contributed by atoms with Gasteiger partial charge in [-0.15, -0.1) is 0 Å². The van der Waals surface area contributed by atoms with E-state index in [4.69, 9.17) is 4.52 Å². The predicted octanol–water partition coefficient (Wildman–Crippen LogP) is 0.506. The topological polar surface area (TPSA) is 97.4 Å². The van der Waals surface area contributed by atoms with Crippen molar-refractivity contribution in [3.05, 3.63) is 51.8 Å². The lowest BCUT2D eigenvalue weighted by atomic mass is 9.96. The van der Waals surface area contributed by atoms with Crippen LogP contribution >= 0.6 is 0 Å². The van der Waals surface area contributed by atoms with E-state index in [1.807, 2.05) is 0 Å². The molecular formula is C16H19N3O4. The molecule has 3 rings (SSSR count). The molecule has 2 heterocycles. The third-order valence-corrected chi connectivity index (χ3v) is 3.97. The summed E-state index contributed by atoms with van der Waals surface area (Å²) in [4.78, 5) is 23.8. The van der Waals surface area contributed by atoms with Crippen molar-refractivity contribution in [1.29, 1.82) is 0 Å². The van der Waals surface area contributed by atoms with E-state index in [2.05, 4.69) is 10.5 Å². The Hall–Kier alpha value is -2.41. The first-order valence-corrected chi connectivity index (χ1v) is 7.74. The van der Waals surface area contributed by atoms with Crippen molar-refractivity contribution < 1.29 is 14.4 Å². The second-order valence-corrected chi connectivity index (χ2v) is 5.70. The van der Waals surface area contributed by atoms with Gasteiger partial charge in [-0.25, -0.2) is 0 Å². The van der Waals surface area contributed by atoms with Crippen molar-refractivity contribution >= 4 is 5.91 Å². The molecule has 7 nitrogen and oxygen atoms in total. The summed E-state index contributed by atoms with van der Waals surface area (Å²) < 4.78 is 6.61. The molecule has 7 heteroatoms. The summed E-state index contributed by atoms with van der Waals surface area (Å²) in [5.41, 5.74) is 0.995. The summed E-state index contributed by atoms with van der Waals surface area (Å²) in [5.74, 6) is 0.439. The quantitative estimate of drug-likeness (QED) is 0.837. The van der Waals surface area contributed by atoms with Crippen LogP contribution in [-0.4, -0.2) is 33.4 Å². The number of nitrogens with zero attached hydrogens (tertiary/aromatic N) is 2. The van der Waals surface area contributed by atoms with E-state index in [9.17, 15) is 14.7 Å². The zero-order chi connectivity index (χ0) is 16.2. The third-order valence-electron chi connectivity index (χ3n) is 3.97. The van der Waals surface area contributed by atoms with Crippen LogP contribution in [0.5, 0.6) is 0 Å². The molecule has 2 aromatic heterocycles. The van der Waals surface area contributed by atoms with Gasteiger partial charge in [-0.2, -0.15) is 0 Å². The minimum atomic E-state index is -0.859. The van der Waals surface area contributed by atoms with Crippen molar-refractivity contribution in [2.45, 2.75) is 38.3 Å². The molecule has 0 bridgehead atoms. The number of pyridine rings is 1. The summed E-state index contributed by atoms with van der Waals surface area (Å²) in [7, 11) is 0. The van der Waals surface area contributed by atoms with Gasteiger partial charge in [0.1, 0.15) is 5.76 Å². The highest BCUT2D eigenvalue weighted by Gasteiger charge is 2.24. The number of rotatable bonds is 5. The molecule has 23 heavy (non-hydrogen) atoms. The molecular weight excluding hydrogens is 298 g/mol. The maximum absolute atomic E-state index is 12.2. The normalized spacial score (nSPS) is 15.0. The number of fused-ring (bicyclic) bond motifs is 1. The molecule has 1 aliphatic rings. The van der Waals surface area contributed by atoms with E-state index >= 15 is 0 Å². The Morgan fingerprint density at radius 3 is 3.04 bits per heavy atom. The van der Waals surface area contributed by atoms with E-state index in [1.54, 1.807) is 18.3 Å². The molecule has 0 fully saturated rings. The van der Waals surface area contributed by atoms with Crippen molar-refractivity contribution in [2.24, 2.45) is 0 Å². The van der Waals surface area contributed by atoms with Gasteiger partial charge in [0.25, 0.3) is 11.5 Å². The highest BCUT2D eigenvalue weighted by molar-refractivity contribution is 5.93. The van der Waals surface area contributed by atoms with E-state index < -0.39 is 6.10 Å². The van der Waals surface area contributed by atoms with Gasteiger partial charge in [0, 0.05) is 30.8 Å². The smallest absolute Gasteiger partial charge is 0.273 e. The molecule has 0 spiro atoms. The van der Waals surface area contributed by atoms with E-state index in [-0.39, 0.29) is 24.6 Å². The zero-order valence-electron chi connectivity index (χ0n) is 12.7. The second kappa shape index (κ2) is 6.78. The first-order valence-electron chi connectivity index (χ1n) is 7.74. The molecule has 1 atom stereocenters. The van der Waals surface area contributed by atoms with Gasteiger partial charge in [0.05, 0.1) is 12.6 Å². The van der Waals surface area contributed by atoms with Crippen molar-refractivity contribution in [2.75, 3.05) is 6.54 Å². The number of amides is 1. The van der Waals surface area contributed by atoms with Crippen LogP contribution < -0.4 is 10.9 Å². The number of nitrogens with one attached hydrogen (secondary N) is 1. The molecule has 0 aromatic carbocycles. The fraction of sp³-hybridized carbons (Fsp3) is 0.438. The average Bonchev–Trinajstić information content (AvgIpc) is 2.99. The summed E-state index contributed by atoms with van der Waals surface area (Å²) in [6.07, 6.45) is 4.42. The Labute approximate surface area is 132 Å². The maximum atomic E-state index is 12.2. The Morgan fingerprint density at radius 1 is 1.39 bits per heavy atom. The molecule has 1 unspecified atom stereocenters. The predicted molar refractivity (Wildman–Crippen MR) is 82.2 cm³/mol. The van der Waals surface area contributed by atoms with Crippen molar-refractivity contribution in [3.8, 4) is 0 Å². The van der Waals surface area contributed by atoms with Crippen LogP contribution in [0.25, 0.3) is 0 Å². The van der Waals surface area contributed by atoms with Crippen LogP contribution in [0.15, 0.2) is 33.7 Å². The molecule has 2 aromatic rings. The molecule has 0 saturated heterocycles. The first-order chi connectivity index (χ1) is 11.1. The summed E-state index contributed by atoms with van der Waals surface area (Å²) >= 11 is 0. The number of carbonyl (C=O) groups excluding carboxylic acids is 1. The van der Waals surface area contributed by atoms with Crippen molar-refractivity contribution in [1.82, 2.24) is 15.0 Å². The lowest BCUT2D eigenvalue weighted by Crippen LogP contribution is -2.36. The number of aryl methyl sites for hydroxylation is 1. The third kappa shape index (κ3) is 3.50. The molecule has 2 N–H and O–H groups in total. The lowest BCUT2D eigenvalue weighted by molar-refractivity contribution is 0.0893. The van der Waals surface area contributed by atoms with Gasteiger partial charge in [-0.3, -0.25) is 9.59 Å². The average molecular weight is 317 g/mol. The van der Waals surface area contributed by atoms with Crippen LogP contribution in [0.4, 0.5) is 0 Å². The Kier molecular flexibility index (Phi) is 4.57. The van der Waals surface area contributed by atoms with E-state index in [0.717, 1.165) is 37.0 Å². The Morgan fingerprint density at radius 2 is 2.22 bits per heavy atom. The number of aliphatic hydroxyl groups is 1. The number of hydrogen-bond donors (Lipinski definition) is 2. The Balaban J connectivity index is 1.58. The van der Waals surface area contributed by atoms with Crippen molar-refractivity contribution in [3.63, 3.8) is 0 Å². The van der Waals surface area contributed by atoms with Crippen LogP contribution in [0, 0.1) is 0 Å². The number of aromatic nitrogens is 2. The largest absolute Gasteiger partial charge is 0.389 e. The molecule has 0 radical (unpaired) electrons. The molecule has 0 saturated carbocycles. The minimum Gasteiger partial charge on any atom is -0.389 e. The molecule has 1 aliphatic carbocycles. The van der Waals surface area contributed by atoms with Crippen LogP contribution in [0.3, 0.4) is 0 Å². The number of hydrogen-bond acceptors (Lipinski definition) is 5. The summed E-state index contributed by atoms with van der Waals surface area (Å²) in [6.45, 7) is 0.165. The maximum Gasteiger partial charge on any atom is 0.273 e. The van der Waals surface area contributed by atoms with E-state index in [0.29, 0.717) is 5.69 Å². The van der Waals surface area contributed by atoms with Gasteiger partial charge in [0.2, 0.25) is 0 Å². The van der Waals surface area contributed by atoms with Crippen LogP contribution in [-0.2, 0) is 19.4 Å². The summed E-state index contributed by atoms with van der Waals surface area (Å²) in [6, 6.07) is 4.78. The Bertz CT molecular complexity index is 750. The van der Waals surface area contributed by atoms with E-state index in [1.165, 1.54) is 10.6 Å². The fourth-order valence-corrected chi connectivity index (χ4v) is 2.76. The van der Waals surface area contributed by atoms with Gasteiger partial charge >= 0.3 is 0 Å². The molecule has 0 aliphatic heterocycles. The van der Waals surface area contributed by atoms with Gasteiger partial charge in [-0.1, -0.05) is 11.2 Å². The minimum absolute atomic E-state index is 0.0435. The SMILES string of the molecule is O=C(NCC(O)Cn1ccccc1=O)c1noc2c1CCCC2.